The summed E-state index contributed by atoms with van der Waals surface area (Å²) in [6, 6.07) is 3.80. The fourth-order valence-corrected chi connectivity index (χ4v) is 3.65. The maximum atomic E-state index is 11.9. The van der Waals surface area contributed by atoms with Gasteiger partial charge in [0, 0.05) is 38.7 Å². The minimum absolute atomic E-state index is 0.124. The van der Waals surface area contributed by atoms with Crippen LogP contribution in [-0.4, -0.2) is 45.7 Å². The van der Waals surface area contributed by atoms with Gasteiger partial charge in [0.05, 0.1) is 19.8 Å². The summed E-state index contributed by atoms with van der Waals surface area (Å²) < 4.78 is 22.4. The predicted octanol–water partition coefficient (Wildman–Crippen LogP) is 2.08. The van der Waals surface area contributed by atoms with Crippen molar-refractivity contribution >= 4 is 5.91 Å². The topological polar surface area (TPSA) is 66.0 Å². The van der Waals surface area contributed by atoms with E-state index in [0.717, 1.165) is 29.0 Å². The molecule has 0 saturated heterocycles. The molecule has 1 atom stereocenters. The Bertz CT molecular complexity index is 612. The molecule has 24 heavy (non-hydrogen) atoms. The average Bonchev–Trinajstić information content (AvgIpc) is 2.59. The molecule has 134 valence electrons. The van der Waals surface area contributed by atoms with Crippen molar-refractivity contribution in [2.45, 2.75) is 44.4 Å². The summed E-state index contributed by atoms with van der Waals surface area (Å²) in [4.78, 5) is 11.9. The van der Waals surface area contributed by atoms with Gasteiger partial charge in [-0.3, -0.25) is 4.79 Å². The van der Waals surface area contributed by atoms with Crippen LogP contribution in [0, 0.1) is 0 Å². The lowest BCUT2D eigenvalue weighted by Crippen LogP contribution is -2.67. The quantitative estimate of drug-likeness (QED) is 0.805. The standard InChI is InChI=1S/C18H27NO5/c1-12(20)19-18(17(2,23-5)24-6)10-9-13-14(11-18)16(22-4)8-7-15(13)21-3/h7-8H,9-11H2,1-6H3,(H,19,20). The zero-order chi connectivity index (χ0) is 18.0. The summed E-state index contributed by atoms with van der Waals surface area (Å²) >= 11 is 0. The second-order valence-corrected chi connectivity index (χ2v) is 6.22. The van der Waals surface area contributed by atoms with E-state index < -0.39 is 11.3 Å². The second-order valence-electron chi connectivity index (χ2n) is 6.22. The van der Waals surface area contributed by atoms with E-state index in [1.54, 1.807) is 28.4 Å². The van der Waals surface area contributed by atoms with Gasteiger partial charge < -0.3 is 24.3 Å². The molecule has 0 fully saturated rings. The summed E-state index contributed by atoms with van der Waals surface area (Å²) in [5.74, 6) is 0.513. The minimum atomic E-state index is -0.968. The van der Waals surface area contributed by atoms with Crippen molar-refractivity contribution in [3.8, 4) is 11.5 Å². The van der Waals surface area contributed by atoms with Crippen LogP contribution in [0.15, 0.2) is 12.1 Å². The van der Waals surface area contributed by atoms with E-state index in [9.17, 15) is 4.79 Å². The lowest BCUT2D eigenvalue weighted by Gasteiger charge is -2.49. The van der Waals surface area contributed by atoms with Gasteiger partial charge in [-0.2, -0.15) is 0 Å². The van der Waals surface area contributed by atoms with Crippen molar-refractivity contribution < 1.29 is 23.7 Å². The SMILES string of the molecule is COc1ccc(OC)c2c1CCC(NC(C)=O)(C(C)(OC)OC)C2. The third-order valence-electron chi connectivity index (χ3n) is 5.13. The van der Waals surface area contributed by atoms with Crippen LogP contribution in [0.2, 0.25) is 0 Å². The average molecular weight is 337 g/mol. The summed E-state index contributed by atoms with van der Waals surface area (Å²) in [6.07, 6.45) is 1.92. The number of ether oxygens (including phenoxy) is 4. The maximum Gasteiger partial charge on any atom is 0.217 e. The van der Waals surface area contributed by atoms with Crippen LogP contribution in [0.1, 0.15) is 31.4 Å². The maximum absolute atomic E-state index is 11.9. The molecule has 1 unspecified atom stereocenters. The van der Waals surface area contributed by atoms with E-state index >= 15 is 0 Å². The van der Waals surface area contributed by atoms with Crippen molar-refractivity contribution in [2.24, 2.45) is 0 Å². The van der Waals surface area contributed by atoms with Gasteiger partial charge in [-0.05, 0) is 31.9 Å². The Hall–Kier alpha value is -1.79. The number of benzene rings is 1. The van der Waals surface area contributed by atoms with Gasteiger partial charge in [-0.1, -0.05) is 0 Å². The van der Waals surface area contributed by atoms with Crippen molar-refractivity contribution in [2.75, 3.05) is 28.4 Å². The molecule has 1 aliphatic rings. The molecule has 1 N–H and O–H groups in total. The Morgan fingerprint density at radius 1 is 1.08 bits per heavy atom. The third-order valence-corrected chi connectivity index (χ3v) is 5.13. The molecule has 1 amide bonds. The molecule has 1 aliphatic carbocycles. The van der Waals surface area contributed by atoms with E-state index in [-0.39, 0.29) is 5.91 Å². The van der Waals surface area contributed by atoms with Crippen molar-refractivity contribution in [1.82, 2.24) is 5.32 Å². The molecule has 0 heterocycles. The minimum Gasteiger partial charge on any atom is -0.496 e. The van der Waals surface area contributed by atoms with Crippen LogP contribution in [0.5, 0.6) is 11.5 Å². The first-order valence-corrected chi connectivity index (χ1v) is 7.98. The van der Waals surface area contributed by atoms with Crippen molar-refractivity contribution in [3.05, 3.63) is 23.3 Å². The Morgan fingerprint density at radius 3 is 2.08 bits per heavy atom. The largest absolute Gasteiger partial charge is 0.496 e. The van der Waals surface area contributed by atoms with Crippen LogP contribution < -0.4 is 14.8 Å². The summed E-state index contributed by atoms with van der Waals surface area (Å²) in [5, 5.41) is 3.08. The predicted molar refractivity (Wildman–Crippen MR) is 90.5 cm³/mol. The number of amides is 1. The smallest absolute Gasteiger partial charge is 0.217 e. The Kier molecular flexibility index (Phi) is 5.40. The van der Waals surface area contributed by atoms with Gasteiger partial charge in [0.1, 0.15) is 11.5 Å². The fourth-order valence-electron chi connectivity index (χ4n) is 3.65. The zero-order valence-corrected chi connectivity index (χ0v) is 15.3. The van der Waals surface area contributed by atoms with Gasteiger partial charge >= 0.3 is 0 Å². The normalized spacial score (nSPS) is 20.2. The fraction of sp³-hybridized carbons (Fsp3) is 0.611. The van der Waals surface area contributed by atoms with Gasteiger partial charge in [-0.15, -0.1) is 0 Å². The van der Waals surface area contributed by atoms with Gasteiger partial charge in [-0.25, -0.2) is 0 Å². The molecule has 0 radical (unpaired) electrons. The summed E-state index contributed by atoms with van der Waals surface area (Å²) in [7, 11) is 6.48. The number of nitrogens with one attached hydrogen (secondary N) is 1. The van der Waals surface area contributed by atoms with Crippen LogP contribution in [0.4, 0.5) is 0 Å². The Labute approximate surface area is 143 Å². The van der Waals surface area contributed by atoms with Crippen LogP contribution in [0.3, 0.4) is 0 Å². The molecule has 0 spiro atoms. The molecule has 0 saturated carbocycles. The number of hydrogen-bond acceptors (Lipinski definition) is 5. The molecule has 0 aliphatic heterocycles. The second kappa shape index (κ2) is 6.99. The zero-order valence-electron chi connectivity index (χ0n) is 15.3. The van der Waals surface area contributed by atoms with E-state index in [1.165, 1.54) is 6.92 Å². The van der Waals surface area contributed by atoms with E-state index in [1.807, 2.05) is 19.1 Å². The molecular formula is C18H27NO5. The lowest BCUT2D eigenvalue weighted by molar-refractivity contribution is -0.245. The van der Waals surface area contributed by atoms with Crippen molar-refractivity contribution in [3.63, 3.8) is 0 Å². The first-order valence-electron chi connectivity index (χ1n) is 7.98. The highest BCUT2D eigenvalue weighted by molar-refractivity contribution is 5.74. The summed E-state index contributed by atoms with van der Waals surface area (Å²) in [5.41, 5.74) is 1.42. The third kappa shape index (κ3) is 2.96. The molecule has 6 heteroatoms. The lowest BCUT2D eigenvalue weighted by atomic mass is 9.72. The van der Waals surface area contributed by atoms with Gasteiger partial charge in [0.15, 0.2) is 5.79 Å². The van der Waals surface area contributed by atoms with E-state index in [2.05, 4.69) is 5.32 Å². The van der Waals surface area contributed by atoms with Crippen LogP contribution in [-0.2, 0) is 27.1 Å². The molecule has 6 nitrogen and oxygen atoms in total. The highest BCUT2D eigenvalue weighted by Gasteiger charge is 2.52. The van der Waals surface area contributed by atoms with Gasteiger partial charge in [0.25, 0.3) is 0 Å². The molecule has 0 aromatic heterocycles. The van der Waals surface area contributed by atoms with Crippen LogP contribution >= 0.6 is 0 Å². The number of hydrogen-bond donors (Lipinski definition) is 1. The van der Waals surface area contributed by atoms with Crippen LogP contribution in [0.25, 0.3) is 0 Å². The van der Waals surface area contributed by atoms with E-state index in [4.69, 9.17) is 18.9 Å². The number of carbonyl (C=O) groups excluding carboxylic acids is 1. The molecular weight excluding hydrogens is 310 g/mol. The molecule has 0 bridgehead atoms. The number of methoxy groups -OCH3 is 4. The molecule has 1 aromatic carbocycles. The molecule has 2 rings (SSSR count). The van der Waals surface area contributed by atoms with Crippen molar-refractivity contribution in [1.29, 1.82) is 0 Å². The number of rotatable bonds is 6. The first kappa shape index (κ1) is 18.5. The Balaban J connectivity index is 2.58. The first-order chi connectivity index (χ1) is 11.4. The Morgan fingerprint density at radius 2 is 1.62 bits per heavy atom. The summed E-state index contributed by atoms with van der Waals surface area (Å²) in [6.45, 7) is 3.35. The van der Waals surface area contributed by atoms with E-state index in [0.29, 0.717) is 12.8 Å². The monoisotopic (exact) mass is 337 g/mol. The molecule has 1 aromatic rings. The highest BCUT2D eigenvalue weighted by atomic mass is 16.7. The highest BCUT2D eigenvalue weighted by Crippen LogP contribution is 2.44. The number of fused-ring (bicyclic) bond motifs is 1. The van der Waals surface area contributed by atoms with Gasteiger partial charge in [0.2, 0.25) is 5.91 Å². The number of carbonyl (C=O) groups is 1.